The number of ether oxygens (including phenoxy) is 2. The Bertz CT molecular complexity index is 1350. The van der Waals surface area contributed by atoms with Crippen molar-refractivity contribution in [2.75, 3.05) is 19.4 Å². The molecule has 3 aromatic heterocycles. The molecule has 0 atom stereocenters. The molecule has 0 unspecified atom stereocenters. The Hall–Kier alpha value is -3.18. The Morgan fingerprint density at radius 2 is 2.07 bits per heavy atom. The Kier molecular flexibility index (Phi) is 5.08. The quantitative estimate of drug-likeness (QED) is 0.434. The van der Waals surface area contributed by atoms with Gasteiger partial charge in [0.15, 0.2) is 11.6 Å². The third-order valence-corrected chi connectivity index (χ3v) is 5.24. The normalized spacial score (nSPS) is 12.0. The molecule has 2 N–H and O–H groups in total. The van der Waals surface area contributed by atoms with Crippen LogP contribution < -0.4 is 14.2 Å². The van der Waals surface area contributed by atoms with Gasteiger partial charge in [0.2, 0.25) is 15.9 Å². The van der Waals surface area contributed by atoms with Crippen molar-refractivity contribution in [3.05, 3.63) is 47.8 Å². The van der Waals surface area contributed by atoms with E-state index in [0.717, 1.165) is 11.9 Å². The van der Waals surface area contributed by atoms with Crippen molar-refractivity contribution in [2.24, 2.45) is 0 Å². The Balaban J connectivity index is 1.62. The van der Waals surface area contributed by atoms with Crippen molar-refractivity contribution < 1.29 is 22.3 Å². The number of H-pyrrole nitrogens is 1. The monoisotopic (exact) mass is 433 g/mol. The predicted molar refractivity (Wildman–Crippen MR) is 109 cm³/mol. The molecule has 0 fully saturated rings. The molecule has 0 radical (unpaired) electrons. The summed E-state index contributed by atoms with van der Waals surface area (Å²) in [7, 11) is -3.29. The van der Waals surface area contributed by atoms with Gasteiger partial charge < -0.3 is 14.5 Å². The van der Waals surface area contributed by atoms with E-state index in [0.29, 0.717) is 27.7 Å². The van der Waals surface area contributed by atoms with Crippen molar-refractivity contribution >= 4 is 26.4 Å². The first-order chi connectivity index (χ1) is 14.2. The van der Waals surface area contributed by atoms with Crippen LogP contribution in [0.1, 0.15) is 11.3 Å². The van der Waals surface area contributed by atoms with E-state index >= 15 is 0 Å². The zero-order chi connectivity index (χ0) is 21.5. The fourth-order valence-electron chi connectivity index (χ4n) is 3.18. The highest BCUT2D eigenvalue weighted by Gasteiger charge is 2.18. The molecule has 0 amide bonds. The van der Waals surface area contributed by atoms with Crippen LogP contribution in [0.4, 0.5) is 4.39 Å². The van der Waals surface area contributed by atoms with Crippen LogP contribution in [0, 0.1) is 19.7 Å². The van der Waals surface area contributed by atoms with E-state index in [1.807, 2.05) is 6.92 Å². The number of benzene rings is 1. The number of halogens is 1. The number of sulfonamides is 1. The van der Waals surface area contributed by atoms with Gasteiger partial charge in [-0.25, -0.2) is 22.0 Å². The van der Waals surface area contributed by atoms with Gasteiger partial charge in [-0.15, -0.1) is 0 Å². The first-order valence-corrected chi connectivity index (χ1v) is 11.0. The largest absolute Gasteiger partial charge is 0.490 e. The smallest absolute Gasteiger partial charge is 0.247 e. The number of fused-ring (bicyclic) bond motifs is 2. The summed E-state index contributed by atoms with van der Waals surface area (Å²) in [5, 5.41) is 4.58. The molecule has 1 aromatic carbocycles. The molecule has 0 spiro atoms. The maximum absolute atomic E-state index is 14.9. The van der Waals surface area contributed by atoms with E-state index in [1.165, 1.54) is 10.8 Å². The number of nitrogens with zero attached hydrogens (tertiary/aromatic N) is 3. The van der Waals surface area contributed by atoms with Crippen molar-refractivity contribution in [3.8, 4) is 17.4 Å². The van der Waals surface area contributed by atoms with E-state index in [-0.39, 0.29) is 24.8 Å². The first kappa shape index (κ1) is 20.1. The third-order valence-electron chi connectivity index (χ3n) is 4.51. The summed E-state index contributed by atoms with van der Waals surface area (Å²) in [6, 6.07) is 5.00. The number of hydrogen-bond donors (Lipinski definition) is 2. The molecule has 4 rings (SSSR count). The highest BCUT2D eigenvalue weighted by molar-refractivity contribution is 7.88. The van der Waals surface area contributed by atoms with Crippen LogP contribution in [0.3, 0.4) is 0 Å². The van der Waals surface area contributed by atoms with E-state index in [9.17, 15) is 12.8 Å². The molecule has 9 nitrogen and oxygen atoms in total. The van der Waals surface area contributed by atoms with Gasteiger partial charge >= 0.3 is 0 Å². The van der Waals surface area contributed by atoms with Crippen LogP contribution >= 0.6 is 0 Å². The van der Waals surface area contributed by atoms with Crippen LogP contribution in [0.25, 0.3) is 16.4 Å². The van der Waals surface area contributed by atoms with Gasteiger partial charge in [-0.05, 0) is 32.0 Å². The number of nitrogens with one attached hydrogen (secondary N) is 2. The van der Waals surface area contributed by atoms with Crippen LogP contribution in [0.2, 0.25) is 0 Å². The summed E-state index contributed by atoms with van der Waals surface area (Å²) in [6.45, 7) is 3.90. The van der Waals surface area contributed by atoms with Gasteiger partial charge in [-0.1, -0.05) is 0 Å². The number of aryl methyl sites for hydroxylation is 2. The van der Waals surface area contributed by atoms with Crippen LogP contribution in [0.15, 0.2) is 30.7 Å². The van der Waals surface area contributed by atoms with Gasteiger partial charge in [-0.2, -0.15) is 10.1 Å². The first-order valence-electron chi connectivity index (χ1n) is 9.09. The lowest BCUT2D eigenvalue weighted by atomic mass is 10.2. The fourth-order valence-corrected chi connectivity index (χ4v) is 3.64. The summed E-state index contributed by atoms with van der Waals surface area (Å²) in [5.41, 5.74) is 2.74. The summed E-state index contributed by atoms with van der Waals surface area (Å²) >= 11 is 0. The molecule has 0 saturated carbocycles. The van der Waals surface area contributed by atoms with E-state index in [1.54, 1.807) is 31.3 Å². The fraction of sp³-hybridized carbons (Fsp3) is 0.263. The van der Waals surface area contributed by atoms with Gasteiger partial charge in [0.05, 0.1) is 12.5 Å². The number of aromatic amines is 1. The Labute approximate surface area is 171 Å². The summed E-state index contributed by atoms with van der Waals surface area (Å²) in [6.07, 6.45) is 4.01. The zero-order valence-corrected chi connectivity index (χ0v) is 17.4. The molecule has 0 aliphatic heterocycles. The lowest BCUT2D eigenvalue weighted by Gasteiger charge is -2.08. The second-order valence-electron chi connectivity index (χ2n) is 6.89. The van der Waals surface area contributed by atoms with Crippen molar-refractivity contribution in [2.45, 2.75) is 13.8 Å². The van der Waals surface area contributed by atoms with Gasteiger partial charge in [-0.3, -0.25) is 0 Å². The van der Waals surface area contributed by atoms with Crippen LogP contribution in [-0.2, 0) is 10.0 Å². The molecule has 11 heteroatoms. The SMILES string of the molecule is Cc1cc2c(F)c(Oc3ncnn4cc(OCCNS(C)(=O)=O)c(C)c34)ccc2[nH]1. The average Bonchev–Trinajstić information content (AvgIpc) is 3.21. The maximum Gasteiger partial charge on any atom is 0.247 e. The Morgan fingerprint density at radius 3 is 2.83 bits per heavy atom. The standard InChI is InChI=1S/C19H20FN5O4S/c1-11-8-13-14(24-11)4-5-15(17(13)20)29-19-18-12(2)16(9-25(18)22-10-21-19)28-7-6-23-30(3,26)27/h4-5,8-10,23-24H,6-7H2,1-3H3. The van der Waals surface area contributed by atoms with Crippen molar-refractivity contribution in [3.63, 3.8) is 0 Å². The molecule has 0 aliphatic carbocycles. The Morgan fingerprint density at radius 1 is 1.27 bits per heavy atom. The molecule has 3 heterocycles. The van der Waals surface area contributed by atoms with Gasteiger partial charge in [0.1, 0.15) is 24.2 Å². The van der Waals surface area contributed by atoms with Gasteiger partial charge in [0, 0.05) is 28.7 Å². The number of hydrogen-bond acceptors (Lipinski definition) is 6. The minimum absolute atomic E-state index is 0.0440. The zero-order valence-electron chi connectivity index (χ0n) is 16.6. The summed E-state index contributed by atoms with van der Waals surface area (Å²) < 4.78 is 52.5. The minimum atomic E-state index is -3.29. The van der Waals surface area contributed by atoms with E-state index in [2.05, 4.69) is 19.8 Å². The maximum atomic E-state index is 14.9. The second kappa shape index (κ2) is 7.58. The third kappa shape index (κ3) is 3.94. The predicted octanol–water partition coefficient (Wildman–Crippen LogP) is 2.69. The highest BCUT2D eigenvalue weighted by Crippen LogP contribution is 2.34. The highest BCUT2D eigenvalue weighted by atomic mass is 32.2. The average molecular weight is 433 g/mol. The number of aromatic nitrogens is 4. The van der Waals surface area contributed by atoms with E-state index < -0.39 is 15.8 Å². The number of rotatable bonds is 7. The lowest BCUT2D eigenvalue weighted by molar-refractivity contribution is 0.321. The summed E-state index contributed by atoms with van der Waals surface area (Å²) in [4.78, 5) is 7.24. The van der Waals surface area contributed by atoms with Crippen LogP contribution in [0.5, 0.6) is 17.4 Å². The van der Waals surface area contributed by atoms with Crippen LogP contribution in [-0.4, -0.2) is 47.4 Å². The molecule has 4 aromatic rings. The molecule has 158 valence electrons. The summed E-state index contributed by atoms with van der Waals surface area (Å²) in [5.74, 6) is 0.230. The van der Waals surface area contributed by atoms with Crippen molar-refractivity contribution in [1.82, 2.24) is 24.3 Å². The molecule has 30 heavy (non-hydrogen) atoms. The minimum Gasteiger partial charge on any atom is -0.490 e. The lowest BCUT2D eigenvalue weighted by Crippen LogP contribution is -2.26. The topological polar surface area (TPSA) is 111 Å². The molecule has 0 aliphatic rings. The second-order valence-corrected chi connectivity index (χ2v) is 8.72. The van der Waals surface area contributed by atoms with E-state index in [4.69, 9.17) is 9.47 Å². The molecular formula is C19H20FN5O4S. The van der Waals surface area contributed by atoms with Crippen molar-refractivity contribution in [1.29, 1.82) is 0 Å². The molecule has 0 bridgehead atoms. The van der Waals surface area contributed by atoms with Gasteiger partial charge in [0.25, 0.3) is 0 Å². The molecular weight excluding hydrogens is 413 g/mol. The molecule has 0 saturated heterocycles.